The van der Waals surface area contributed by atoms with Gasteiger partial charge in [-0.25, -0.2) is 24.5 Å². The van der Waals surface area contributed by atoms with Crippen LogP contribution in [0.15, 0.2) is 120 Å². The molecule has 0 fully saturated rings. The molecule has 6 amide bonds. The van der Waals surface area contributed by atoms with E-state index in [2.05, 4.69) is 140 Å². The van der Waals surface area contributed by atoms with E-state index in [9.17, 15) is 47.7 Å². The molecule has 0 unspecified atom stereocenters. The largest absolute Gasteiger partial charge is 1.00 e. The van der Waals surface area contributed by atoms with Crippen molar-refractivity contribution in [3.05, 3.63) is 187 Å². The number of para-hydroxylation sites is 1. The van der Waals surface area contributed by atoms with Crippen LogP contribution in [0, 0.1) is 0 Å². The predicted molar refractivity (Wildman–Crippen MR) is 519 cm³/mol. The number of methoxy groups -OCH3 is 1. The summed E-state index contributed by atoms with van der Waals surface area (Å²) in [5.41, 5.74) is 28.0. The summed E-state index contributed by atoms with van der Waals surface area (Å²) in [5, 5.41) is 13.1. The van der Waals surface area contributed by atoms with E-state index >= 15 is 0 Å². The number of thiocarbonyl (C=S) groups is 1. The standard InChI is InChI=1S/C16H18N2OS.C15H16ClN3S.C13H15NO3.C12H14N2O2.C12H14N2OS.C12H13NO3.C4H7BrO.6CH4.Cl3OP.Li.H2O/c1-4-11-9-20-16(17-11)12-6-5-7-14-13(12)8-15(19)18(14)10(2)3;1-4-10-8-20-14(17-10)11-6-5-7-12-13(11)18-15(16)19(12)9(2)3;1-8(2)14-11-6-4-5-9(13(16)17-3)10(11)7-12(14)15;2*1-7(2)14-10-5-3-4-8(12(13)16)9(10)6-11(14)15;1-7(2)13-10-5-3-4-8(12(15)16)9(10)6-11(13)14;1-2-4(6)3-5;;;;;;;1-5(2,3)4;;/h5-7,9-10H,4,8H2,1-3H3;5-9H,4H2,1-3H3;4-6,8H,7H2,1-3H3;2*3-5,7H,6H2,1-2H3,(H2,13,16);3-5,7H,6H2,1-2H3,(H,15,16);2-3H2,1H3;6*1H4;;;1H2/q;;;;;;;;;;;;;;+1;/p-1. The predicted octanol–water partition coefficient (Wildman–Crippen LogP) is 19.6. The average molecular weight is 1920 g/mol. The van der Waals surface area contributed by atoms with Gasteiger partial charge in [-0.05, 0) is 230 Å². The Hall–Kier alpha value is -8.20. The minimum atomic E-state index is -3.22. The van der Waals surface area contributed by atoms with E-state index in [1.807, 2.05) is 116 Å². The van der Waals surface area contributed by atoms with Gasteiger partial charge in [-0.2, -0.15) is 0 Å². The molecular weight excluding hydrogens is 1800 g/mol. The third-order valence-electron chi connectivity index (χ3n) is 18.8. The smallest absolute Gasteiger partial charge is 0.870 e. The zero-order chi connectivity index (χ0) is 86.2. The summed E-state index contributed by atoms with van der Waals surface area (Å²) in [7, 11) is 1.35. The number of halogens is 5. The van der Waals surface area contributed by atoms with Gasteiger partial charge in [0.15, 0.2) is 0 Å². The normalized spacial score (nSPS) is 12.6. The number of anilines is 5. The van der Waals surface area contributed by atoms with Crippen LogP contribution in [0.4, 0.5) is 28.4 Å². The van der Waals surface area contributed by atoms with Gasteiger partial charge in [0, 0.05) is 104 Å². The number of ketones is 1. The number of amides is 6. The van der Waals surface area contributed by atoms with Crippen molar-refractivity contribution in [3.63, 3.8) is 0 Å². The fraction of sp³-hybridized carbons (Fsp3) is 0.411. The molecule has 0 aliphatic carbocycles. The third-order valence-corrected chi connectivity index (χ3v) is 21.8. The van der Waals surface area contributed by atoms with Gasteiger partial charge in [-0.1, -0.05) is 142 Å². The number of carboxylic acids is 1. The maximum Gasteiger partial charge on any atom is 1.00 e. The van der Waals surface area contributed by atoms with Crippen LogP contribution >= 0.6 is 101 Å². The van der Waals surface area contributed by atoms with E-state index in [4.69, 9.17) is 45.1 Å². The van der Waals surface area contributed by atoms with E-state index in [-0.39, 0.29) is 171 Å². The summed E-state index contributed by atoms with van der Waals surface area (Å²) >= 11 is 31.5. The first-order valence-corrected chi connectivity index (χ1v) is 45.7. The Morgan fingerprint density at radius 3 is 1.12 bits per heavy atom. The molecule has 5 aliphatic heterocycles. The zero-order valence-electron chi connectivity index (χ0n) is 69.0. The number of ether oxygens (including phenoxy) is 1. The summed E-state index contributed by atoms with van der Waals surface area (Å²) in [6.07, 6.45) is 4.18. The first-order valence-electron chi connectivity index (χ1n) is 37.6. The summed E-state index contributed by atoms with van der Waals surface area (Å²) in [6.45, 7) is 30.0. The van der Waals surface area contributed by atoms with Crippen molar-refractivity contribution in [1.82, 2.24) is 19.5 Å². The summed E-state index contributed by atoms with van der Waals surface area (Å²) in [4.78, 5) is 127. The molecule has 14 rings (SSSR count). The monoisotopic (exact) mass is 1920 g/mol. The number of thiazole rings is 2. The molecule has 124 heavy (non-hydrogen) atoms. The van der Waals surface area contributed by atoms with Crippen LogP contribution in [-0.4, -0.2) is 131 Å². The zero-order valence-corrected chi connectivity index (χ0v) is 77.0. The quantitative estimate of drug-likeness (QED) is 0.0266. The summed E-state index contributed by atoms with van der Waals surface area (Å²) in [6, 6.07) is 34.5. The van der Waals surface area contributed by atoms with E-state index in [1.54, 1.807) is 78.7 Å². The Morgan fingerprint density at radius 2 is 0.806 bits per heavy atom. The molecular formula is C90H122BrCl4LiN11O13PS3. The molecule has 0 radical (unpaired) electrons. The molecule has 5 aliphatic rings. The molecule has 0 spiro atoms. The molecule has 6 aromatic carbocycles. The van der Waals surface area contributed by atoms with Gasteiger partial charge in [0.25, 0.3) is 0 Å². The van der Waals surface area contributed by atoms with Crippen molar-refractivity contribution in [2.75, 3.05) is 36.9 Å². The Bertz CT molecular complexity index is 5010. The van der Waals surface area contributed by atoms with Crippen LogP contribution in [0.5, 0.6) is 0 Å². The molecule has 3 aromatic heterocycles. The van der Waals surface area contributed by atoms with Crippen molar-refractivity contribution < 1.29 is 81.9 Å². The number of fused-ring (bicyclic) bond motifs is 6. The fourth-order valence-corrected chi connectivity index (χ4v) is 16.7. The molecule has 34 heteroatoms. The van der Waals surface area contributed by atoms with Gasteiger partial charge in [-0.15, -0.1) is 22.7 Å². The number of hydrogen-bond donors (Lipinski definition) is 3. The van der Waals surface area contributed by atoms with Crippen molar-refractivity contribution in [1.29, 1.82) is 0 Å². The molecule has 0 bridgehead atoms. The third kappa shape index (κ3) is 28.9. The number of benzene rings is 6. The Balaban J connectivity index is 0. The van der Waals surface area contributed by atoms with E-state index in [0.717, 1.165) is 113 Å². The van der Waals surface area contributed by atoms with Gasteiger partial charge in [0.05, 0.1) is 72.6 Å². The number of imidazole rings is 1. The summed E-state index contributed by atoms with van der Waals surface area (Å²) in [5.74, 6) is -1.24. The number of hydrogen-bond acceptors (Lipinski definition) is 18. The molecule has 8 heterocycles. The van der Waals surface area contributed by atoms with Crippen molar-refractivity contribution in [2.24, 2.45) is 11.5 Å². The van der Waals surface area contributed by atoms with E-state index < -0.39 is 17.1 Å². The van der Waals surface area contributed by atoms with E-state index in [1.165, 1.54) is 13.2 Å². The number of aromatic carboxylic acids is 1. The molecule has 6 N–H and O–H groups in total. The molecule has 24 nitrogen and oxygen atoms in total. The van der Waals surface area contributed by atoms with Gasteiger partial charge >= 0.3 is 36.0 Å². The molecule has 0 saturated carbocycles. The number of rotatable bonds is 16. The van der Waals surface area contributed by atoms with Crippen molar-refractivity contribution >= 4 is 199 Å². The molecule has 674 valence electrons. The van der Waals surface area contributed by atoms with Crippen LogP contribution in [-0.2, 0) is 83.0 Å². The second-order valence-electron chi connectivity index (χ2n) is 28.7. The Labute approximate surface area is 786 Å². The number of carbonyl (C=O) groups is 9. The number of primary amides is 1. The van der Waals surface area contributed by atoms with Gasteiger partial charge in [0.2, 0.25) is 40.7 Å². The van der Waals surface area contributed by atoms with Crippen LogP contribution in [0.25, 0.3) is 32.2 Å². The number of carbonyl (C=O) groups excluding carboxylic acids is 8. The number of aryl methyl sites for hydroxylation is 2. The van der Waals surface area contributed by atoms with Gasteiger partial charge in [-0.3, -0.25) is 38.1 Å². The first-order chi connectivity index (χ1) is 54.7. The topological polar surface area (TPSA) is 342 Å². The Morgan fingerprint density at radius 1 is 0.500 bits per heavy atom. The average Bonchev–Trinajstić information content (AvgIpc) is 1.59. The molecule has 0 atom stereocenters. The van der Waals surface area contributed by atoms with E-state index in [0.29, 0.717) is 51.6 Å². The van der Waals surface area contributed by atoms with Crippen molar-refractivity contribution in [2.45, 2.75) is 236 Å². The number of alkyl halides is 1. The maximum atomic E-state index is 12.2. The van der Waals surface area contributed by atoms with Gasteiger partial charge < -0.3 is 55.9 Å². The molecule has 9 aromatic rings. The minimum absolute atomic E-state index is 0. The number of nitrogens with zero attached hydrogens (tertiary/aromatic N) is 9. The second-order valence-corrected chi connectivity index (χ2v) is 38.3. The van der Waals surface area contributed by atoms with Crippen LogP contribution in [0.2, 0.25) is 5.28 Å². The SMILES string of the molecule is C.C.C.C.C.C.CC(C)N1C(=O)Cc2c(C(=O)O)cccc21.CC(C)N1C(=O)Cc2c(C(N)=O)cccc21.CC(C)N1C(=O)Cc2c(C(N)=S)cccc21.CCC(=O)CBr.CCc1csc(-c2cccc3c2CC(=O)N3C(C)C)n1.CCc1csc(-c2cccc3c2nc(Cl)n3C(C)C)n1.COC(=O)c1cccc2c1CC(=O)N2C(C)C.O=P(Cl)(Cl)Cl.[Li+].[OH-]. The minimum Gasteiger partial charge on any atom is -0.870 e. The number of nitrogens with two attached hydrogens (primary N) is 2. The van der Waals surface area contributed by atoms with Crippen LogP contribution in [0.1, 0.15) is 237 Å². The van der Waals surface area contributed by atoms with Gasteiger partial charge in [0.1, 0.15) is 26.3 Å². The van der Waals surface area contributed by atoms with Crippen LogP contribution < -0.4 is 54.8 Å². The molecule has 0 saturated heterocycles. The number of aromatic nitrogens is 4. The fourth-order valence-electron chi connectivity index (χ4n) is 13.8. The maximum absolute atomic E-state index is 12.2. The van der Waals surface area contributed by atoms with Crippen LogP contribution in [0.3, 0.4) is 0 Å². The Kier molecular flexibility index (Phi) is 50.2. The summed E-state index contributed by atoms with van der Waals surface area (Å²) < 4.78 is 16.3. The first kappa shape index (κ1) is 118. The van der Waals surface area contributed by atoms with Crippen molar-refractivity contribution in [3.8, 4) is 21.1 Å². The number of carboxylic acid groups (broad SMARTS) is 1. The second kappa shape index (κ2) is 52.8. The number of Topliss-reactive ketones (excluding diaryl/α,β-unsaturated/α-hetero) is 1. The number of esters is 1.